The lowest BCUT2D eigenvalue weighted by Gasteiger charge is -2.23. The molecule has 0 atom stereocenters. The summed E-state index contributed by atoms with van der Waals surface area (Å²) in [6.07, 6.45) is 0. The van der Waals surface area contributed by atoms with E-state index in [9.17, 15) is 13.2 Å². The highest BCUT2D eigenvalue weighted by Crippen LogP contribution is 2.31. The topological polar surface area (TPSA) is 72.9 Å². The van der Waals surface area contributed by atoms with Gasteiger partial charge >= 0.3 is 0 Å². The number of anilines is 1. The Hall–Kier alpha value is -3.32. The summed E-state index contributed by atoms with van der Waals surface area (Å²) in [5, 5.41) is 0. The Bertz CT molecular complexity index is 1110. The van der Waals surface area contributed by atoms with Crippen LogP contribution in [0.5, 0.6) is 11.5 Å². The predicted molar refractivity (Wildman–Crippen MR) is 111 cm³/mol. The highest BCUT2D eigenvalue weighted by molar-refractivity contribution is 7.93. The fourth-order valence-corrected chi connectivity index (χ4v) is 4.26. The molecule has 0 saturated carbocycles. The third kappa shape index (κ3) is 4.09. The molecule has 0 radical (unpaired) electrons. The van der Waals surface area contributed by atoms with Gasteiger partial charge in [0.1, 0.15) is 0 Å². The van der Waals surface area contributed by atoms with Crippen LogP contribution in [0, 0.1) is 6.92 Å². The molecule has 0 spiro atoms. The molecule has 3 aromatic carbocycles. The maximum absolute atomic E-state index is 13.4. The molecule has 150 valence electrons. The standard InChI is InChI=1S/C22H21NO5S/c1-16-9-12-18(13-10-16)23(29(25,26)19-7-5-4-6-8-19)22(24)17-11-14-20(27-2)21(15-17)28-3/h4-15H,1-3H3. The van der Waals surface area contributed by atoms with Gasteiger partial charge in [0.25, 0.3) is 15.9 Å². The minimum absolute atomic E-state index is 0.0226. The van der Waals surface area contributed by atoms with Crippen molar-refractivity contribution >= 4 is 21.6 Å². The molecular formula is C22H21NO5S. The summed E-state index contributed by atoms with van der Waals surface area (Å²) in [5.41, 5.74) is 1.35. The van der Waals surface area contributed by atoms with Crippen molar-refractivity contribution in [3.8, 4) is 11.5 Å². The van der Waals surface area contributed by atoms with Crippen LogP contribution in [0.4, 0.5) is 5.69 Å². The van der Waals surface area contributed by atoms with Crippen LogP contribution < -0.4 is 13.8 Å². The Labute approximate surface area is 170 Å². The molecule has 3 rings (SSSR count). The number of benzene rings is 3. The highest BCUT2D eigenvalue weighted by Gasteiger charge is 2.32. The number of carbonyl (C=O) groups is 1. The minimum atomic E-state index is -4.14. The first-order valence-corrected chi connectivity index (χ1v) is 10.3. The predicted octanol–water partition coefficient (Wildman–Crippen LogP) is 4.05. The van der Waals surface area contributed by atoms with Crippen LogP contribution in [0.25, 0.3) is 0 Å². The van der Waals surface area contributed by atoms with Crippen molar-refractivity contribution in [3.63, 3.8) is 0 Å². The second kappa shape index (κ2) is 8.36. The number of rotatable bonds is 6. The van der Waals surface area contributed by atoms with E-state index < -0.39 is 15.9 Å². The number of carbonyl (C=O) groups excluding carboxylic acids is 1. The quantitative estimate of drug-likeness (QED) is 0.612. The number of ether oxygens (including phenoxy) is 2. The van der Waals surface area contributed by atoms with E-state index in [2.05, 4.69) is 0 Å². The zero-order chi connectivity index (χ0) is 21.0. The van der Waals surface area contributed by atoms with Crippen molar-refractivity contribution in [2.75, 3.05) is 18.5 Å². The van der Waals surface area contributed by atoms with E-state index in [0.717, 1.165) is 9.87 Å². The summed E-state index contributed by atoms with van der Waals surface area (Å²) in [7, 11) is -1.20. The summed E-state index contributed by atoms with van der Waals surface area (Å²) in [6, 6.07) is 19.1. The van der Waals surface area contributed by atoms with Crippen molar-refractivity contribution in [1.82, 2.24) is 0 Å². The van der Waals surface area contributed by atoms with Crippen LogP contribution in [-0.4, -0.2) is 28.5 Å². The van der Waals surface area contributed by atoms with Crippen molar-refractivity contribution in [2.24, 2.45) is 0 Å². The molecule has 7 heteroatoms. The molecule has 0 N–H and O–H groups in total. The van der Waals surface area contributed by atoms with Gasteiger partial charge in [-0.15, -0.1) is 0 Å². The normalized spacial score (nSPS) is 11.0. The maximum Gasteiger partial charge on any atom is 0.272 e. The van der Waals surface area contributed by atoms with E-state index in [1.807, 2.05) is 6.92 Å². The van der Waals surface area contributed by atoms with Gasteiger partial charge in [-0.1, -0.05) is 35.9 Å². The molecule has 6 nitrogen and oxygen atoms in total. The van der Waals surface area contributed by atoms with Crippen molar-refractivity contribution in [2.45, 2.75) is 11.8 Å². The Morgan fingerprint density at radius 2 is 1.45 bits per heavy atom. The largest absolute Gasteiger partial charge is 0.493 e. The molecule has 0 saturated heterocycles. The SMILES string of the molecule is COc1ccc(C(=O)N(c2ccc(C)cc2)S(=O)(=O)c2ccccc2)cc1OC. The summed E-state index contributed by atoms with van der Waals surface area (Å²) in [6.45, 7) is 1.88. The minimum Gasteiger partial charge on any atom is -0.493 e. The van der Waals surface area contributed by atoms with Gasteiger partial charge in [-0.3, -0.25) is 4.79 Å². The fraction of sp³-hybridized carbons (Fsp3) is 0.136. The third-order valence-electron chi connectivity index (χ3n) is 4.36. The van der Waals surface area contributed by atoms with E-state index in [1.165, 1.54) is 38.5 Å². The molecule has 0 fully saturated rings. The first-order valence-electron chi connectivity index (χ1n) is 8.82. The zero-order valence-electron chi connectivity index (χ0n) is 16.3. The van der Waals surface area contributed by atoms with Gasteiger partial charge in [0.15, 0.2) is 11.5 Å². The molecule has 29 heavy (non-hydrogen) atoms. The second-order valence-corrected chi connectivity index (χ2v) is 8.08. The number of methoxy groups -OCH3 is 2. The Morgan fingerprint density at radius 1 is 0.828 bits per heavy atom. The molecule has 0 aliphatic carbocycles. The number of hydrogen-bond donors (Lipinski definition) is 0. The van der Waals surface area contributed by atoms with E-state index >= 15 is 0 Å². The summed E-state index contributed by atoms with van der Waals surface area (Å²) in [4.78, 5) is 13.4. The Morgan fingerprint density at radius 3 is 2.03 bits per heavy atom. The van der Waals surface area contributed by atoms with Crippen LogP contribution in [0.2, 0.25) is 0 Å². The van der Waals surface area contributed by atoms with Crippen LogP contribution in [-0.2, 0) is 10.0 Å². The summed E-state index contributed by atoms with van der Waals surface area (Å²) >= 11 is 0. The van der Waals surface area contributed by atoms with Gasteiger partial charge < -0.3 is 9.47 Å². The fourth-order valence-electron chi connectivity index (χ4n) is 2.83. The van der Waals surface area contributed by atoms with Crippen LogP contribution in [0.3, 0.4) is 0 Å². The number of nitrogens with zero attached hydrogens (tertiary/aromatic N) is 1. The molecule has 0 unspecified atom stereocenters. The third-order valence-corrected chi connectivity index (χ3v) is 6.09. The van der Waals surface area contributed by atoms with Crippen molar-refractivity contribution in [1.29, 1.82) is 0 Å². The smallest absolute Gasteiger partial charge is 0.272 e. The van der Waals surface area contributed by atoms with Gasteiger partial charge in [0.2, 0.25) is 0 Å². The number of amides is 1. The van der Waals surface area contributed by atoms with E-state index in [-0.39, 0.29) is 16.1 Å². The van der Waals surface area contributed by atoms with Crippen LogP contribution >= 0.6 is 0 Å². The highest BCUT2D eigenvalue weighted by atomic mass is 32.2. The summed E-state index contributed by atoms with van der Waals surface area (Å²) < 4.78 is 38.0. The first kappa shape index (κ1) is 20.4. The maximum atomic E-state index is 13.4. The van der Waals surface area contributed by atoms with Crippen molar-refractivity contribution < 1.29 is 22.7 Å². The van der Waals surface area contributed by atoms with Crippen LogP contribution in [0.15, 0.2) is 77.7 Å². The lowest BCUT2D eigenvalue weighted by Crippen LogP contribution is -2.37. The average Bonchev–Trinajstić information content (AvgIpc) is 2.75. The van der Waals surface area contributed by atoms with E-state index in [0.29, 0.717) is 11.5 Å². The van der Waals surface area contributed by atoms with Gasteiger partial charge in [-0.2, -0.15) is 4.31 Å². The lowest BCUT2D eigenvalue weighted by molar-refractivity contribution is 0.100. The molecule has 0 aromatic heterocycles. The number of sulfonamides is 1. The molecular weight excluding hydrogens is 390 g/mol. The van der Waals surface area contributed by atoms with Gasteiger partial charge in [0.05, 0.1) is 24.8 Å². The van der Waals surface area contributed by atoms with Gasteiger partial charge in [0, 0.05) is 5.56 Å². The summed E-state index contributed by atoms with van der Waals surface area (Å²) in [5.74, 6) is 0.0785. The van der Waals surface area contributed by atoms with Gasteiger partial charge in [-0.25, -0.2) is 8.42 Å². The molecule has 0 aliphatic heterocycles. The monoisotopic (exact) mass is 411 g/mol. The Balaban J connectivity index is 2.16. The van der Waals surface area contributed by atoms with E-state index in [1.54, 1.807) is 48.5 Å². The first-order chi connectivity index (χ1) is 13.9. The molecule has 0 aliphatic rings. The Kier molecular flexibility index (Phi) is 5.89. The molecule has 0 bridgehead atoms. The van der Waals surface area contributed by atoms with Crippen LogP contribution in [0.1, 0.15) is 15.9 Å². The number of hydrogen-bond acceptors (Lipinski definition) is 5. The molecule has 1 amide bonds. The zero-order valence-corrected chi connectivity index (χ0v) is 17.1. The van der Waals surface area contributed by atoms with Crippen molar-refractivity contribution in [3.05, 3.63) is 83.9 Å². The number of aryl methyl sites for hydroxylation is 1. The second-order valence-electron chi connectivity index (χ2n) is 6.29. The van der Waals surface area contributed by atoms with E-state index in [4.69, 9.17) is 9.47 Å². The molecule has 3 aromatic rings. The molecule has 0 heterocycles. The average molecular weight is 411 g/mol. The lowest BCUT2D eigenvalue weighted by atomic mass is 10.1. The van der Waals surface area contributed by atoms with Gasteiger partial charge in [-0.05, 0) is 49.4 Å².